The van der Waals surface area contributed by atoms with Gasteiger partial charge in [0.15, 0.2) is 0 Å². The lowest BCUT2D eigenvalue weighted by molar-refractivity contribution is -0.144. The fraction of sp³-hybridized carbons (Fsp3) is 0.962. The zero-order chi connectivity index (χ0) is 42.4. The second-order valence-electron chi connectivity index (χ2n) is 18.4. The summed E-state index contributed by atoms with van der Waals surface area (Å²) < 4.78 is 11.2. The summed E-state index contributed by atoms with van der Waals surface area (Å²) in [6, 6.07) is 0. The first-order valence-corrected chi connectivity index (χ1v) is 26.1. The normalized spacial score (nSPS) is 13.8. The first-order valence-electron chi connectivity index (χ1n) is 26.1. The highest BCUT2D eigenvalue weighted by Crippen LogP contribution is 2.27. The average Bonchev–Trinajstić information content (AvgIpc) is 3.22. The van der Waals surface area contributed by atoms with E-state index in [1.165, 1.54) is 225 Å². The number of ether oxygens (including phenoxy) is 2. The Labute approximate surface area is 362 Å². The van der Waals surface area contributed by atoms with Crippen molar-refractivity contribution >= 4 is 12.4 Å². The smallest absolute Gasteiger partial charge is 0.305 e. The number of unbranched alkanes of at least 4 members (excludes halogenated alkanes) is 20. The highest BCUT2D eigenvalue weighted by atomic mass is 16.5. The average molecular weight is 822 g/mol. The predicted molar refractivity (Wildman–Crippen MR) is 251 cm³/mol. The van der Waals surface area contributed by atoms with Gasteiger partial charge >= 0.3 is 5.97 Å². The summed E-state index contributed by atoms with van der Waals surface area (Å²) in [7, 11) is 0. The molecule has 1 aliphatic heterocycles. The maximum absolute atomic E-state index is 12.4. The van der Waals surface area contributed by atoms with Gasteiger partial charge in [-0.25, -0.2) is 0 Å². The van der Waals surface area contributed by atoms with Crippen LogP contribution in [0.1, 0.15) is 265 Å². The molecule has 1 N–H and O–H groups in total. The van der Waals surface area contributed by atoms with Crippen molar-refractivity contribution in [2.24, 2.45) is 17.8 Å². The van der Waals surface area contributed by atoms with E-state index >= 15 is 0 Å². The Morgan fingerprint density at radius 3 is 1.19 bits per heavy atom. The molecule has 58 heavy (non-hydrogen) atoms. The molecule has 0 aromatic carbocycles. The van der Waals surface area contributed by atoms with E-state index in [0.717, 1.165) is 56.9 Å². The molecule has 1 unspecified atom stereocenters. The number of nitrogens with zero attached hydrogens (tertiary/aromatic N) is 1. The van der Waals surface area contributed by atoms with Crippen molar-refractivity contribution in [2.75, 3.05) is 39.5 Å². The zero-order valence-corrected chi connectivity index (χ0v) is 39.7. The van der Waals surface area contributed by atoms with Crippen molar-refractivity contribution in [1.82, 2.24) is 4.90 Å². The summed E-state index contributed by atoms with van der Waals surface area (Å²) in [5, 5.41) is 6.89. The third-order valence-electron chi connectivity index (χ3n) is 13.1. The minimum atomic E-state index is -0.250. The molecule has 1 saturated heterocycles. The first kappa shape index (κ1) is 56.9. The number of morpholine rings is 1. The molecule has 0 aliphatic carbocycles. The van der Waals surface area contributed by atoms with Gasteiger partial charge in [0, 0.05) is 19.5 Å². The van der Waals surface area contributed by atoms with Gasteiger partial charge in [-0.1, -0.05) is 240 Å². The van der Waals surface area contributed by atoms with Crippen molar-refractivity contribution < 1.29 is 24.2 Å². The van der Waals surface area contributed by atoms with E-state index in [2.05, 4.69) is 32.6 Å². The van der Waals surface area contributed by atoms with Crippen LogP contribution < -0.4 is 0 Å². The van der Waals surface area contributed by atoms with E-state index in [4.69, 9.17) is 19.4 Å². The van der Waals surface area contributed by atoms with Gasteiger partial charge in [-0.05, 0) is 43.6 Å². The lowest BCUT2D eigenvalue weighted by Crippen LogP contribution is -2.36. The lowest BCUT2D eigenvalue weighted by Gasteiger charge is -2.26. The monoisotopic (exact) mass is 822 g/mol. The maximum Gasteiger partial charge on any atom is 0.305 e. The Morgan fingerprint density at radius 1 is 0.500 bits per heavy atom. The molecule has 0 radical (unpaired) electrons. The molecule has 6 heteroatoms. The maximum atomic E-state index is 12.4. The van der Waals surface area contributed by atoms with Crippen LogP contribution in [0.15, 0.2) is 0 Å². The number of carboxylic acid groups (broad SMARTS) is 1. The third-order valence-corrected chi connectivity index (χ3v) is 13.1. The predicted octanol–water partition coefficient (Wildman–Crippen LogP) is 15.9. The molecule has 0 aromatic heterocycles. The fourth-order valence-electron chi connectivity index (χ4n) is 9.20. The van der Waals surface area contributed by atoms with E-state index in [-0.39, 0.29) is 12.4 Å². The van der Waals surface area contributed by atoms with E-state index in [9.17, 15) is 4.79 Å². The van der Waals surface area contributed by atoms with Gasteiger partial charge in [-0.15, -0.1) is 0 Å². The van der Waals surface area contributed by atoms with Crippen molar-refractivity contribution in [3.63, 3.8) is 0 Å². The summed E-state index contributed by atoms with van der Waals surface area (Å²) in [5.41, 5.74) is 0. The van der Waals surface area contributed by atoms with Gasteiger partial charge in [0.1, 0.15) is 0 Å². The van der Waals surface area contributed by atoms with Crippen LogP contribution in [0.25, 0.3) is 0 Å². The highest BCUT2D eigenvalue weighted by Gasteiger charge is 2.13. The highest BCUT2D eigenvalue weighted by molar-refractivity contribution is 5.69. The summed E-state index contributed by atoms with van der Waals surface area (Å²) in [6.07, 6.45) is 49.9. The summed E-state index contributed by atoms with van der Waals surface area (Å²) in [4.78, 5) is 23.4. The van der Waals surface area contributed by atoms with Crippen LogP contribution in [0.5, 0.6) is 0 Å². The second kappa shape index (κ2) is 46.9. The van der Waals surface area contributed by atoms with Gasteiger partial charge in [0.25, 0.3) is 6.47 Å². The van der Waals surface area contributed by atoms with Crippen LogP contribution in [0, 0.1) is 17.8 Å². The Balaban J connectivity index is 0.0000105. The largest absolute Gasteiger partial charge is 0.483 e. The minimum Gasteiger partial charge on any atom is -0.483 e. The molecule has 1 heterocycles. The molecule has 6 nitrogen and oxygen atoms in total. The summed E-state index contributed by atoms with van der Waals surface area (Å²) in [5.74, 6) is 2.70. The number of hydrogen-bond donors (Lipinski definition) is 1. The number of carbonyl (C=O) groups is 2. The second-order valence-corrected chi connectivity index (χ2v) is 18.4. The molecule has 1 rings (SSSR count). The summed E-state index contributed by atoms with van der Waals surface area (Å²) in [6.45, 7) is 15.0. The number of hydrogen-bond acceptors (Lipinski definition) is 5. The van der Waals surface area contributed by atoms with E-state index in [1.807, 2.05) is 0 Å². The van der Waals surface area contributed by atoms with Crippen LogP contribution in [-0.4, -0.2) is 61.9 Å². The van der Waals surface area contributed by atoms with Gasteiger partial charge in [-0.2, -0.15) is 0 Å². The Bertz CT molecular complexity index is 798. The van der Waals surface area contributed by atoms with Gasteiger partial charge < -0.3 is 14.6 Å². The molecule has 1 aliphatic rings. The number of esters is 1. The van der Waals surface area contributed by atoms with E-state index in [0.29, 0.717) is 13.0 Å². The van der Waals surface area contributed by atoms with Gasteiger partial charge in [-0.3, -0.25) is 14.5 Å². The van der Waals surface area contributed by atoms with Gasteiger partial charge in [0.2, 0.25) is 0 Å². The Kier molecular flexibility index (Phi) is 46.0. The molecule has 0 saturated carbocycles. The molecular weight excluding hydrogens is 719 g/mol. The van der Waals surface area contributed by atoms with Crippen LogP contribution in [-0.2, 0) is 19.1 Å². The standard InChI is InChI=1S/C51H101NO3.CH2O2/c1-5-9-22-32-48(33-23-10-6-2)36-26-17-14-13-15-18-27-37-49(39-29-21-31-42-52-43-46-54-47-44-52)38-28-19-16-20-30-40-51(53)55-45-41-50(34-24-11-7-3)35-25-12-8-4;2-1-3/h48-50H,5-47H2,1-4H3;1H,(H,2,3). The molecule has 346 valence electrons. The Hall–Kier alpha value is -1.14. The SMILES string of the molecule is CCCCCC(CCCCC)CCCCCCCCCC(CCCCCCCC(=O)OCCC(CCCCC)CCCCC)CCCCCN1CCOCC1.O=CO. The van der Waals surface area contributed by atoms with Gasteiger partial charge in [0.05, 0.1) is 19.8 Å². The molecular formula is C52H103NO5. The van der Waals surface area contributed by atoms with Crippen molar-refractivity contribution in [3.8, 4) is 0 Å². The van der Waals surface area contributed by atoms with E-state index in [1.54, 1.807) is 0 Å². The van der Waals surface area contributed by atoms with Crippen molar-refractivity contribution in [1.29, 1.82) is 0 Å². The molecule has 0 spiro atoms. The topological polar surface area (TPSA) is 76.1 Å². The quantitative estimate of drug-likeness (QED) is 0.0375. The van der Waals surface area contributed by atoms with Crippen LogP contribution in [0.3, 0.4) is 0 Å². The lowest BCUT2D eigenvalue weighted by atomic mass is 9.89. The molecule has 1 atom stereocenters. The van der Waals surface area contributed by atoms with Crippen LogP contribution in [0.2, 0.25) is 0 Å². The van der Waals surface area contributed by atoms with Crippen molar-refractivity contribution in [3.05, 3.63) is 0 Å². The zero-order valence-electron chi connectivity index (χ0n) is 39.7. The molecule has 0 aromatic rings. The van der Waals surface area contributed by atoms with Crippen molar-refractivity contribution in [2.45, 2.75) is 265 Å². The molecule has 0 amide bonds. The summed E-state index contributed by atoms with van der Waals surface area (Å²) >= 11 is 0. The fourth-order valence-corrected chi connectivity index (χ4v) is 9.20. The van der Waals surface area contributed by atoms with Crippen LogP contribution >= 0.6 is 0 Å². The third kappa shape index (κ3) is 40.3. The molecule has 0 bridgehead atoms. The minimum absolute atomic E-state index is 0.0406. The van der Waals surface area contributed by atoms with Crippen LogP contribution in [0.4, 0.5) is 0 Å². The first-order chi connectivity index (χ1) is 28.5. The number of rotatable bonds is 43. The Morgan fingerprint density at radius 2 is 0.810 bits per heavy atom. The van der Waals surface area contributed by atoms with E-state index < -0.39 is 0 Å². The molecule has 1 fully saturated rings. The number of carbonyl (C=O) groups excluding carboxylic acids is 1.